The second kappa shape index (κ2) is 7.00. The average Bonchev–Trinajstić information content (AvgIpc) is 2.43. The normalized spacial score (nSPS) is 17.0. The number of rotatable bonds is 5. The summed E-state index contributed by atoms with van der Waals surface area (Å²) in [5, 5.41) is 0. The second-order valence-corrected chi connectivity index (χ2v) is 8.29. The Bertz CT molecular complexity index is 596. The van der Waals surface area contributed by atoms with Crippen molar-refractivity contribution in [1.82, 2.24) is 9.62 Å². The first-order valence-corrected chi connectivity index (χ1v) is 9.70. The van der Waals surface area contributed by atoms with Gasteiger partial charge in [0, 0.05) is 37.7 Å². The Labute approximate surface area is 131 Å². The molecule has 5 nitrogen and oxygen atoms in total. The molecule has 1 aromatic rings. The summed E-state index contributed by atoms with van der Waals surface area (Å²) in [5.74, 6) is 2.24. The Morgan fingerprint density at radius 1 is 1.24 bits per heavy atom. The van der Waals surface area contributed by atoms with E-state index in [0.29, 0.717) is 12.2 Å². The number of hydrogen-bond acceptors (Lipinski definition) is 5. The minimum Gasteiger partial charge on any atom is -0.398 e. The predicted molar refractivity (Wildman–Crippen MR) is 89.3 cm³/mol. The number of hydrogen-bond donors (Lipinski definition) is 2. The van der Waals surface area contributed by atoms with Crippen molar-refractivity contribution >= 4 is 27.5 Å². The van der Waals surface area contributed by atoms with Crippen LogP contribution >= 0.6 is 11.8 Å². The summed E-state index contributed by atoms with van der Waals surface area (Å²) in [6, 6.07) is 3.36. The molecule has 0 bridgehead atoms. The highest BCUT2D eigenvalue weighted by Crippen LogP contribution is 2.22. The first kappa shape index (κ1) is 16.6. The molecular formula is C14H23N3O2S2. The molecule has 1 aliphatic rings. The molecule has 1 saturated heterocycles. The zero-order valence-electron chi connectivity index (χ0n) is 12.6. The van der Waals surface area contributed by atoms with Gasteiger partial charge >= 0.3 is 0 Å². The van der Waals surface area contributed by atoms with E-state index in [0.717, 1.165) is 42.3 Å². The van der Waals surface area contributed by atoms with Crippen LogP contribution in [-0.4, -0.2) is 51.0 Å². The van der Waals surface area contributed by atoms with Crippen LogP contribution in [0.2, 0.25) is 0 Å². The maximum Gasteiger partial charge on any atom is 0.242 e. The quantitative estimate of drug-likeness (QED) is 0.794. The molecule has 21 heavy (non-hydrogen) atoms. The van der Waals surface area contributed by atoms with E-state index in [1.165, 1.54) is 0 Å². The van der Waals surface area contributed by atoms with E-state index in [1.807, 2.05) is 25.6 Å². The Morgan fingerprint density at radius 2 is 1.86 bits per heavy atom. The van der Waals surface area contributed by atoms with Crippen molar-refractivity contribution in [2.75, 3.05) is 43.4 Å². The summed E-state index contributed by atoms with van der Waals surface area (Å²) in [7, 11) is -3.54. The number of nitrogens with zero attached hydrogens (tertiary/aromatic N) is 1. The lowest BCUT2D eigenvalue weighted by atomic mass is 10.1. The molecule has 1 fully saturated rings. The minimum atomic E-state index is -3.54. The van der Waals surface area contributed by atoms with Crippen molar-refractivity contribution in [2.24, 2.45) is 0 Å². The van der Waals surface area contributed by atoms with E-state index >= 15 is 0 Å². The molecule has 0 atom stereocenters. The fourth-order valence-electron chi connectivity index (χ4n) is 2.29. The van der Waals surface area contributed by atoms with Crippen LogP contribution in [0, 0.1) is 13.8 Å². The van der Waals surface area contributed by atoms with Crippen LogP contribution in [-0.2, 0) is 10.0 Å². The Hall–Kier alpha value is -0.760. The van der Waals surface area contributed by atoms with Crippen LogP contribution in [0.4, 0.5) is 5.69 Å². The third-order valence-corrected chi connectivity index (χ3v) is 6.20. The second-order valence-electron chi connectivity index (χ2n) is 5.33. The van der Waals surface area contributed by atoms with E-state index in [-0.39, 0.29) is 4.90 Å². The van der Waals surface area contributed by atoms with E-state index in [2.05, 4.69) is 9.62 Å². The summed E-state index contributed by atoms with van der Waals surface area (Å²) < 4.78 is 27.3. The van der Waals surface area contributed by atoms with Gasteiger partial charge in [-0.25, -0.2) is 13.1 Å². The van der Waals surface area contributed by atoms with Gasteiger partial charge in [0.2, 0.25) is 10.0 Å². The molecular weight excluding hydrogens is 306 g/mol. The van der Waals surface area contributed by atoms with Gasteiger partial charge in [0.25, 0.3) is 0 Å². The lowest BCUT2D eigenvalue weighted by Crippen LogP contribution is -2.39. The highest BCUT2D eigenvalue weighted by Gasteiger charge is 2.19. The zero-order chi connectivity index (χ0) is 15.5. The average molecular weight is 329 g/mol. The van der Waals surface area contributed by atoms with Gasteiger partial charge in [-0.3, -0.25) is 0 Å². The highest BCUT2D eigenvalue weighted by molar-refractivity contribution is 7.99. The van der Waals surface area contributed by atoms with Gasteiger partial charge in [-0.2, -0.15) is 11.8 Å². The standard InChI is InChI=1S/C14H23N3O2S2/c1-11-9-13(15)14(10-12(11)2)21(18,19)16-3-4-17-5-7-20-8-6-17/h9-10,16H,3-8,15H2,1-2H3. The first-order valence-electron chi connectivity index (χ1n) is 7.06. The highest BCUT2D eigenvalue weighted by atomic mass is 32.2. The summed E-state index contributed by atoms with van der Waals surface area (Å²) in [6.45, 7) is 7.02. The molecule has 0 amide bonds. The number of nitrogens with two attached hydrogens (primary N) is 1. The van der Waals surface area contributed by atoms with Gasteiger partial charge < -0.3 is 10.6 Å². The number of nitrogen functional groups attached to an aromatic ring is 1. The van der Waals surface area contributed by atoms with E-state index in [9.17, 15) is 8.42 Å². The van der Waals surface area contributed by atoms with Crippen LogP contribution in [0.15, 0.2) is 17.0 Å². The summed E-state index contributed by atoms with van der Waals surface area (Å²) in [6.07, 6.45) is 0. The largest absolute Gasteiger partial charge is 0.398 e. The molecule has 0 aliphatic carbocycles. The van der Waals surface area contributed by atoms with Crippen LogP contribution < -0.4 is 10.5 Å². The number of sulfonamides is 1. The first-order chi connectivity index (χ1) is 9.90. The van der Waals surface area contributed by atoms with Gasteiger partial charge in [-0.1, -0.05) is 0 Å². The molecule has 0 radical (unpaired) electrons. The molecule has 3 N–H and O–H groups in total. The van der Waals surface area contributed by atoms with Gasteiger partial charge in [0.05, 0.1) is 5.69 Å². The summed E-state index contributed by atoms with van der Waals surface area (Å²) in [5.41, 5.74) is 8.09. The van der Waals surface area contributed by atoms with Crippen molar-refractivity contribution in [3.05, 3.63) is 23.3 Å². The van der Waals surface area contributed by atoms with Crippen molar-refractivity contribution < 1.29 is 8.42 Å². The molecule has 1 heterocycles. The Balaban J connectivity index is 1.99. The lowest BCUT2D eigenvalue weighted by Gasteiger charge is -2.26. The molecule has 118 valence electrons. The fourth-order valence-corrected chi connectivity index (χ4v) is 4.48. The molecule has 0 saturated carbocycles. The maximum absolute atomic E-state index is 12.3. The van der Waals surface area contributed by atoms with Crippen molar-refractivity contribution in [1.29, 1.82) is 0 Å². The predicted octanol–water partition coefficient (Wildman–Crippen LogP) is 1.21. The zero-order valence-corrected chi connectivity index (χ0v) is 14.2. The van der Waals surface area contributed by atoms with Crippen molar-refractivity contribution in [3.8, 4) is 0 Å². The SMILES string of the molecule is Cc1cc(N)c(S(=O)(=O)NCCN2CCSCC2)cc1C. The number of nitrogens with one attached hydrogen (secondary N) is 1. The van der Waals surface area contributed by atoms with Crippen LogP contribution in [0.3, 0.4) is 0 Å². The van der Waals surface area contributed by atoms with Gasteiger partial charge in [0.15, 0.2) is 0 Å². The molecule has 1 aromatic carbocycles. The third-order valence-electron chi connectivity index (χ3n) is 3.74. The maximum atomic E-state index is 12.3. The fraction of sp³-hybridized carbons (Fsp3) is 0.571. The van der Waals surface area contributed by atoms with Crippen LogP contribution in [0.1, 0.15) is 11.1 Å². The summed E-state index contributed by atoms with van der Waals surface area (Å²) in [4.78, 5) is 2.46. The number of anilines is 1. The molecule has 0 unspecified atom stereocenters. The van der Waals surface area contributed by atoms with E-state index < -0.39 is 10.0 Å². The monoisotopic (exact) mass is 329 g/mol. The molecule has 2 rings (SSSR count). The number of thioether (sulfide) groups is 1. The van der Waals surface area contributed by atoms with Crippen LogP contribution in [0.5, 0.6) is 0 Å². The van der Waals surface area contributed by atoms with E-state index in [4.69, 9.17) is 5.73 Å². The molecule has 7 heteroatoms. The van der Waals surface area contributed by atoms with Gasteiger partial charge in [0.1, 0.15) is 4.90 Å². The van der Waals surface area contributed by atoms with E-state index in [1.54, 1.807) is 12.1 Å². The Kier molecular flexibility index (Phi) is 5.54. The molecule has 0 spiro atoms. The molecule has 1 aliphatic heterocycles. The molecule has 0 aromatic heterocycles. The van der Waals surface area contributed by atoms with Crippen LogP contribution in [0.25, 0.3) is 0 Å². The summed E-state index contributed by atoms with van der Waals surface area (Å²) >= 11 is 1.94. The topological polar surface area (TPSA) is 75.4 Å². The number of aryl methyl sites for hydroxylation is 2. The Morgan fingerprint density at radius 3 is 2.52 bits per heavy atom. The smallest absolute Gasteiger partial charge is 0.242 e. The third kappa shape index (κ3) is 4.35. The van der Waals surface area contributed by atoms with Crippen molar-refractivity contribution in [2.45, 2.75) is 18.7 Å². The minimum absolute atomic E-state index is 0.180. The van der Waals surface area contributed by atoms with Gasteiger partial charge in [-0.15, -0.1) is 0 Å². The number of benzene rings is 1. The lowest BCUT2D eigenvalue weighted by molar-refractivity contribution is 0.307. The van der Waals surface area contributed by atoms with Gasteiger partial charge in [-0.05, 0) is 37.1 Å². The van der Waals surface area contributed by atoms with Crippen molar-refractivity contribution in [3.63, 3.8) is 0 Å².